The molecular formula is C27H31N3O3. The maximum Gasteiger partial charge on any atom is 0.251 e. The van der Waals surface area contributed by atoms with Crippen molar-refractivity contribution < 1.29 is 14.3 Å². The Morgan fingerprint density at radius 2 is 1.67 bits per heavy atom. The Bertz CT molecular complexity index is 1040. The van der Waals surface area contributed by atoms with Gasteiger partial charge in [0.15, 0.2) is 11.5 Å². The van der Waals surface area contributed by atoms with Crippen LogP contribution in [0.3, 0.4) is 0 Å². The lowest BCUT2D eigenvalue weighted by molar-refractivity contribution is 0.0472. The van der Waals surface area contributed by atoms with E-state index in [2.05, 4.69) is 10.2 Å². The van der Waals surface area contributed by atoms with Crippen LogP contribution in [0, 0.1) is 5.92 Å². The lowest BCUT2D eigenvalue weighted by Gasteiger charge is -2.35. The number of aromatic nitrogens is 1. The molecular weight excluding hydrogens is 414 g/mol. The molecule has 3 heterocycles. The fourth-order valence-corrected chi connectivity index (χ4v) is 4.68. The standard InChI is InChI=1S/C27H31N3O3/c31-27(22-7-9-23(10-8-22)30-15-3-4-16-30)28-14-11-21-12-17-29(18-13-21)19-24-20-32-25-5-1-2-6-26(25)33-24/h1-10,15-16,21,24H,11-14,17-20H2,(H,28,31)/t24-/m0/s1. The smallest absolute Gasteiger partial charge is 0.251 e. The van der Waals surface area contributed by atoms with Crippen molar-refractivity contribution >= 4 is 5.91 Å². The van der Waals surface area contributed by atoms with E-state index in [4.69, 9.17) is 9.47 Å². The summed E-state index contributed by atoms with van der Waals surface area (Å²) in [6.45, 7) is 4.37. The Morgan fingerprint density at radius 3 is 2.42 bits per heavy atom. The summed E-state index contributed by atoms with van der Waals surface area (Å²) in [7, 11) is 0. The van der Waals surface area contributed by atoms with Gasteiger partial charge in [0.05, 0.1) is 0 Å². The number of piperidine rings is 1. The summed E-state index contributed by atoms with van der Waals surface area (Å²) in [6.07, 6.45) is 7.42. The molecule has 0 aliphatic carbocycles. The number of hydrogen-bond acceptors (Lipinski definition) is 4. The number of nitrogens with one attached hydrogen (secondary N) is 1. The van der Waals surface area contributed by atoms with Crippen molar-refractivity contribution in [2.24, 2.45) is 5.92 Å². The molecule has 172 valence electrons. The van der Waals surface area contributed by atoms with Crippen LogP contribution in [0.15, 0.2) is 73.1 Å². The highest BCUT2D eigenvalue weighted by Crippen LogP contribution is 2.31. The highest BCUT2D eigenvalue weighted by molar-refractivity contribution is 5.94. The Balaban J connectivity index is 1.01. The molecule has 0 radical (unpaired) electrons. The molecule has 2 aromatic carbocycles. The fourth-order valence-electron chi connectivity index (χ4n) is 4.68. The lowest BCUT2D eigenvalue weighted by atomic mass is 9.93. The number of para-hydroxylation sites is 2. The monoisotopic (exact) mass is 445 g/mol. The SMILES string of the molecule is O=C(NCCC1CCN(C[C@H]2COc3ccccc3O2)CC1)c1ccc(-n2cccc2)cc1. The summed E-state index contributed by atoms with van der Waals surface area (Å²) in [4.78, 5) is 15.0. The van der Waals surface area contributed by atoms with Crippen molar-refractivity contribution in [2.75, 3.05) is 32.8 Å². The summed E-state index contributed by atoms with van der Waals surface area (Å²) in [5.74, 6) is 2.34. The zero-order valence-corrected chi connectivity index (χ0v) is 18.9. The van der Waals surface area contributed by atoms with Crippen LogP contribution in [-0.4, -0.2) is 54.3 Å². The van der Waals surface area contributed by atoms with Crippen molar-refractivity contribution in [3.8, 4) is 17.2 Å². The van der Waals surface area contributed by atoms with Crippen molar-refractivity contribution in [1.29, 1.82) is 0 Å². The van der Waals surface area contributed by atoms with E-state index in [-0.39, 0.29) is 12.0 Å². The minimum Gasteiger partial charge on any atom is -0.486 e. The third-order valence-corrected chi connectivity index (χ3v) is 6.61. The van der Waals surface area contributed by atoms with E-state index >= 15 is 0 Å². The summed E-state index contributed by atoms with van der Waals surface area (Å²) in [5, 5.41) is 3.09. The van der Waals surface area contributed by atoms with Crippen LogP contribution in [-0.2, 0) is 0 Å². The first-order chi connectivity index (χ1) is 16.2. The summed E-state index contributed by atoms with van der Waals surface area (Å²) in [6, 6.07) is 19.6. The van der Waals surface area contributed by atoms with Gasteiger partial charge in [-0.1, -0.05) is 12.1 Å². The van der Waals surface area contributed by atoms with Crippen LogP contribution in [0.1, 0.15) is 29.6 Å². The van der Waals surface area contributed by atoms with Crippen molar-refractivity contribution in [2.45, 2.75) is 25.4 Å². The quantitative estimate of drug-likeness (QED) is 0.594. The molecule has 0 bridgehead atoms. The predicted octanol–water partition coefficient (Wildman–Crippen LogP) is 4.15. The molecule has 1 atom stereocenters. The zero-order valence-electron chi connectivity index (χ0n) is 18.9. The molecule has 5 rings (SSSR count). The van der Waals surface area contributed by atoms with Gasteiger partial charge in [-0.3, -0.25) is 9.69 Å². The van der Waals surface area contributed by atoms with Crippen LogP contribution in [0.25, 0.3) is 5.69 Å². The maximum atomic E-state index is 12.5. The van der Waals surface area contributed by atoms with E-state index in [0.29, 0.717) is 18.1 Å². The van der Waals surface area contributed by atoms with Gasteiger partial charge in [-0.25, -0.2) is 0 Å². The van der Waals surface area contributed by atoms with Crippen molar-refractivity contribution in [1.82, 2.24) is 14.8 Å². The normalized spacial score (nSPS) is 18.7. The summed E-state index contributed by atoms with van der Waals surface area (Å²) in [5.41, 5.74) is 1.76. The molecule has 33 heavy (non-hydrogen) atoms. The summed E-state index contributed by atoms with van der Waals surface area (Å²) >= 11 is 0. The van der Waals surface area contributed by atoms with Crippen LogP contribution in [0.5, 0.6) is 11.5 Å². The maximum absolute atomic E-state index is 12.5. The van der Waals surface area contributed by atoms with Gasteiger partial charge < -0.3 is 19.4 Å². The Kier molecular flexibility index (Phi) is 6.63. The first kappa shape index (κ1) is 21.6. The largest absolute Gasteiger partial charge is 0.486 e. The minimum atomic E-state index is 0.00113. The number of ether oxygens (including phenoxy) is 2. The van der Waals surface area contributed by atoms with E-state index < -0.39 is 0 Å². The highest BCUT2D eigenvalue weighted by Gasteiger charge is 2.26. The van der Waals surface area contributed by atoms with Crippen LogP contribution < -0.4 is 14.8 Å². The average molecular weight is 446 g/mol. The van der Waals surface area contributed by atoms with Gasteiger partial charge >= 0.3 is 0 Å². The molecule has 0 spiro atoms. The number of carbonyl (C=O) groups excluding carboxylic acids is 1. The first-order valence-electron chi connectivity index (χ1n) is 11.9. The third-order valence-electron chi connectivity index (χ3n) is 6.61. The lowest BCUT2D eigenvalue weighted by Crippen LogP contribution is -2.44. The first-order valence-corrected chi connectivity index (χ1v) is 11.9. The molecule has 0 saturated carbocycles. The number of hydrogen-bond donors (Lipinski definition) is 1. The number of carbonyl (C=O) groups is 1. The zero-order chi connectivity index (χ0) is 22.5. The van der Waals surface area contributed by atoms with Gasteiger partial charge in [0.1, 0.15) is 12.7 Å². The molecule has 2 aliphatic rings. The minimum absolute atomic E-state index is 0.00113. The Labute approximate surface area is 195 Å². The Morgan fingerprint density at radius 1 is 0.939 bits per heavy atom. The summed E-state index contributed by atoms with van der Waals surface area (Å²) < 4.78 is 14.0. The molecule has 1 amide bonds. The molecule has 1 aromatic heterocycles. The number of rotatable bonds is 7. The number of likely N-dealkylation sites (tertiary alicyclic amines) is 1. The molecule has 1 N–H and O–H groups in total. The molecule has 3 aromatic rings. The topological polar surface area (TPSA) is 55.7 Å². The molecule has 1 saturated heterocycles. The van der Waals surface area contributed by atoms with Crippen LogP contribution >= 0.6 is 0 Å². The second-order valence-electron chi connectivity index (χ2n) is 8.92. The molecule has 6 nitrogen and oxygen atoms in total. The van der Waals surface area contributed by atoms with Crippen molar-refractivity contribution in [3.05, 3.63) is 78.6 Å². The van der Waals surface area contributed by atoms with Gasteiger partial charge in [-0.2, -0.15) is 0 Å². The molecule has 2 aliphatic heterocycles. The second kappa shape index (κ2) is 10.1. The molecule has 6 heteroatoms. The number of nitrogens with zero attached hydrogens (tertiary/aromatic N) is 2. The van der Waals surface area contributed by atoms with Crippen LogP contribution in [0.2, 0.25) is 0 Å². The van der Waals surface area contributed by atoms with E-state index in [1.807, 2.05) is 77.6 Å². The average Bonchev–Trinajstić information content (AvgIpc) is 3.40. The van der Waals surface area contributed by atoms with Crippen molar-refractivity contribution in [3.63, 3.8) is 0 Å². The van der Waals surface area contributed by atoms with Gasteiger partial charge in [-0.05, 0) is 86.8 Å². The van der Waals surface area contributed by atoms with E-state index in [0.717, 1.165) is 62.6 Å². The van der Waals surface area contributed by atoms with E-state index in [9.17, 15) is 4.79 Å². The highest BCUT2D eigenvalue weighted by atomic mass is 16.6. The number of amides is 1. The third kappa shape index (κ3) is 5.40. The van der Waals surface area contributed by atoms with Gasteiger partial charge in [0, 0.05) is 36.7 Å². The van der Waals surface area contributed by atoms with Crippen LogP contribution in [0.4, 0.5) is 0 Å². The van der Waals surface area contributed by atoms with E-state index in [1.54, 1.807) is 0 Å². The molecule has 0 unspecified atom stereocenters. The van der Waals surface area contributed by atoms with E-state index in [1.165, 1.54) is 0 Å². The molecule has 1 fully saturated rings. The van der Waals surface area contributed by atoms with Gasteiger partial charge in [0.25, 0.3) is 5.91 Å². The fraction of sp³-hybridized carbons (Fsp3) is 0.370. The number of fused-ring (bicyclic) bond motifs is 1. The predicted molar refractivity (Wildman–Crippen MR) is 128 cm³/mol. The number of benzene rings is 2. The Hall–Kier alpha value is -3.25. The van der Waals surface area contributed by atoms with Gasteiger partial charge in [0.2, 0.25) is 0 Å². The van der Waals surface area contributed by atoms with Gasteiger partial charge in [-0.15, -0.1) is 0 Å². The second-order valence-corrected chi connectivity index (χ2v) is 8.92.